The first-order chi connectivity index (χ1) is 7.42. The SMILES string of the molecule is CC(C)(C)OC(=O)c1cc(NC=O)ccn1. The second-order valence-electron chi connectivity index (χ2n) is 4.19. The van der Waals surface area contributed by atoms with Crippen LogP contribution in [0, 0.1) is 0 Å². The van der Waals surface area contributed by atoms with Crippen molar-refractivity contribution in [1.82, 2.24) is 4.98 Å². The standard InChI is InChI=1S/C11H14N2O3/c1-11(2,3)16-10(15)9-6-8(13-7-14)4-5-12-9/h4-7H,1-3H3,(H,12,13,14). The number of ether oxygens (including phenoxy) is 1. The molecule has 1 aromatic rings. The zero-order valence-corrected chi connectivity index (χ0v) is 9.48. The number of esters is 1. The minimum absolute atomic E-state index is 0.168. The fourth-order valence-corrected chi connectivity index (χ4v) is 1.03. The molecule has 0 aromatic carbocycles. The number of aromatic nitrogens is 1. The molecule has 0 unspecified atom stereocenters. The third-order valence-corrected chi connectivity index (χ3v) is 1.59. The van der Waals surface area contributed by atoms with Crippen LogP contribution < -0.4 is 5.32 Å². The van der Waals surface area contributed by atoms with Crippen molar-refractivity contribution in [3.63, 3.8) is 0 Å². The van der Waals surface area contributed by atoms with Gasteiger partial charge in [0.2, 0.25) is 6.41 Å². The molecule has 0 aliphatic heterocycles. The topological polar surface area (TPSA) is 68.3 Å². The summed E-state index contributed by atoms with van der Waals surface area (Å²) < 4.78 is 5.14. The van der Waals surface area contributed by atoms with Gasteiger partial charge in [0.1, 0.15) is 11.3 Å². The zero-order valence-electron chi connectivity index (χ0n) is 9.48. The Morgan fingerprint density at radius 1 is 1.50 bits per heavy atom. The number of anilines is 1. The lowest BCUT2D eigenvalue weighted by Gasteiger charge is -2.19. The molecular formula is C11H14N2O3. The summed E-state index contributed by atoms with van der Waals surface area (Å²) in [5.74, 6) is -0.512. The molecule has 0 aliphatic carbocycles. The summed E-state index contributed by atoms with van der Waals surface area (Å²) in [5.41, 5.74) is 0.111. The van der Waals surface area contributed by atoms with Crippen LogP contribution in [0.1, 0.15) is 31.3 Å². The molecule has 16 heavy (non-hydrogen) atoms. The number of pyridine rings is 1. The van der Waals surface area contributed by atoms with Crippen LogP contribution in [0.5, 0.6) is 0 Å². The summed E-state index contributed by atoms with van der Waals surface area (Å²) >= 11 is 0. The van der Waals surface area contributed by atoms with Gasteiger partial charge >= 0.3 is 5.97 Å². The van der Waals surface area contributed by atoms with Gasteiger partial charge in [0, 0.05) is 11.9 Å². The molecule has 0 radical (unpaired) electrons. The Morgan fingerprint density at radius 3 is 2.75 bits per heavy atom. The molecule has 1 N–H and O–H groups in total. The van der Waals surface area contributed by atoms with Gasteiger partial charge in [0.15, 0.2) is 0 Å². The number of hydrogen-bond acceptors (Lipinski definition) is 4. The van der Waals surface area contributed by atoms with Crippen LogP contribution in [-0.2, 0) is 9.53 Å². The minimum atomic E-state index is -0.563. The first-order valence-electron chi connectivity index (χ1n) is 4.82. The molecule has 0 spiro atoms. The van der Waals surface area contributed by atoms with Crippen LogP contribution in [-0.4, -0.2) is 23.0 Å². The van der Waals surface area contributed by atoms with E-state index in [1.165, 1.54) is 12.3 Å². The molecule has 1 aromatic heterocycles. The van der Waals surface area contributed by atoms with E-state index in [0.717, 1.165) is 0 Å². The number of hydrogen-bond donors (Lipinski definition) is 1. The van der Waals surface area contributed by atoms with E-state index in [4.69, 9.17) is 4.74 Å². The van der Waals surface area contributed by atoms with Crippen LogP contribution >= 0.6 is 0 Å². The normalized spacial score (nSPS) is 10.7. The summed E-state index contributed by atoms with van der Waals surface area (Å²) in [6.45, 7) is 5.33. The molecule has 1 heterocycles. The van der Waals surface area contributed by atoms with Gasteiger partial charge in [-0.3, -0.25) is 4.79 Å². The lowest BCUT2D eigenvalue weighted by molar-refractivity contribution is -0.105. The van der Waals surface area contributed by atoms with Crippen LogP contribution in [0.25, 0.3) is 0 Å². The number of nitrogens with zero attached hydrogens (tertiary/aromatic N) is 1. The van der Waals surface area contributed by atoms with Crippen molar-refractivity contribution in [3.05, 3.63) is 24.0 Å². The molecule has 0 aliphatic rings. The van der Waals surface area contributed by atoms with Crippen LogP contribution in [0.3, 0.4) is 0 Å². The Balaban J connectivity index is 2.83. The summed E-state index contributed by atoms with van der Waals surface area (Å²) in [7, 11) is 0. The number of carbonyl (C=O) groups excluding carboxylic acids is 2. The van der Waals surface area contributed by atoms with E-state index < -0.39 is 11.6 Å². The first-order valence-corrected chi connectivity index (χ1v) is 4.82. The smallest absolute Gasteiger partial charge is 0.357 e. The second-order valence-corrected chi connectivity index (χ2v) is 4.19. The largest absolute Gasteiger partial charge is 0.455 e. The highest BCUT2D eigenvalue weighted by molar-refractivity contribution is 5.89. The Labute approximate surface area is 93.8 Å². The Kier molecular flexibility index (Phi) is 3.60. The van der Waals surface area contributed by atoms with Crippen LogP contribution in [0.2, 0.25) is 0 Å². The van der Waals surface area contributed by atoms with E-state index in [1.54, 1.807) is 26.8 Å². The Bertz CT molecular complexity index is 396. The van der Waals surface area contributed by atoms with Gasteiger partial charge in [-0.15, -0.1) is 0 Å². The molecule has 0 atom stereocenters. The fourth-order valence-electron chi connectivity index (χ4n) is 1.03. The average Bonchev–Trinajstić information content (AvgIpc) is 2.16. The molecule has 1 rings (SSSR count). The quantitative estimate of drug-likeness (QED) is 0.623. The molecule has 5 heteroatoms. The van der Waals surface area contributed by atoms with Crippen molar-refractivity contribution in [3.8, 4) is 0 Å². The van der Waals surface area contributed by atoms with E-state index in [0.29, 0.717) is 12.1 Å². The van der Waals surface area contributed by atoms with Gasteiger partial charge < -0.3 is 10.1 Å². The summed E-state index contributed by atoms with van der Waals surface area (Å²) in [6, 6.07) is 3.05. The molecule has 0 saturated heterocycles. The Hall–Kier alpha value is -1.91. The number of nitrogens with one attached hydrogen (secondary N) is 1. The first kappa shape index (κ1) is 12.2. The van der Waals surface area contributed by atoms with Gasteiger partial charge in [0.05, 0.1) is 0 Å². The van der Waals surface area contributed by atoms with Gasteiger partial charge in [-0.1, -0.05) is 0 Å². The summed E-state index contributed by atoms with van der Waals surface area (Å²) in [4.78, 5) is 25.7. The number of amides is 1. The maximum Gasteiger partial charge on any atom is 0.357 e. The monoisotopic (exact) mass is 222 g/mol. The maximum atomic E-state index is 11.6. The van der Waals surface area contributed by atoms with Gasteiger partial charge in [-0.2, -0.15) is 0 Å². The third-order valence-electron chi connectivity index (χ3n) is 1.59. The molecule has 86 valence electrons. The van der Waals surface area contributed by atoms with Gasteiger partial charge in [-0.25, -0.2) is 9.78 Å². The van der Waals surface area contributed by atoms with E-state index >= 15 is 0 Å². The lowest BCUT2D eigenvalue weighted by Crippen LogP contribution is -2.24. The molecule has 0 saturated carbocycles. The fraction of sp³-hybridized carbons (Fsp3) is 0.364. The van der Waals surface area contributed by atoms with Crippen molar-refractivity contribution in [2.75, 3.05) is 5.32 Å². The second kappa shape index (κ2) is 4.74. The lowest BCUT2D eigenvalue weighted by atomic mass is 10.2. The van der Waals surface area contributed by atoms with Crippen molar-refractivity contribution in [2.45, 2.75) is 26.4 Å². The predicted molar refractivity (Wildman–Crippen MR) is 59.1 cm³/mol. The molecule has 5 nitrogen and oxygen atoms in total. The molecule has 0 bridgehead atoms. The van der Waals surface area contributed by atoms with Gasteiger partial charge in [-0.05, 0) is 32.9 Å². The minimum Gasteiger partial charge on any atom is -0.455 e. The maximum absolute atomic E-state index is 11.6. The third kappa shape index (κ3) is 3.68. The summed E-state index contributed by atoms with van der Waals surface area (Å²) in [5, 5.41) is 2.44. The van der Waals surface area contributed by atoms with E-state index in [-0.39, 0.29) is 5.69 Å². The summed E-state index contributed by atoms with van der Waals surface area (Å²) in [6.07, 6.45) is 1.97. The van der Waals surface area contributed by atoms with E-state index in [2.05, 4.69) is 10.3 Å². The molecule has 0 fully saturated rings. The van der Waals surface area contributed by atoms with Crippen molar-refractivity contribution < 1.29 is 14.3 Å². The average molecular weight is 222 g/mol. The van der Waals surface area contributed by atoms with Crippen molar-refractivity contribution in [1.29, 1.82) is 0 Å². The van der Waals surface area contributed by atoms with Crippen LogP contribution in [0.4, 0.5) is 5.69 Å². The van der Waals surface area contributed by atoms with Crippen LogP contribution in [0.15, 0.2) is 18.3 Å². The predicted octanol–water partition coefficient (Wildman–Crippen LogP) is 1.61. The molecule has 1 amide bonds. The highest BCUT2D eigenvalue weighted by Gasteiger charge is 2.18. The highest BCUT2D eigenvalue weighted by Crippen LogP contribution is 2.13. The van der Waals surface area contributed by atoms with Crippen molar-refractivity contribution >= 4 is 18.1 Å². The van der Waals surface area contributed by atoms with Crippen molar-refractivity contribution in [2.24, 2.45) is 0 Å². The number of carbonyl (C=O) groups is 2. The molecular weight excluding hydrogens is 208 g/mol. The zero-order chi connectivity index (χ0) is 12.2. The van der Waals surface area contributed by atoms with E-state index in [1.807, 2.05) is 0 Å². The van der Waals surface area contributed by atoms with E-state index in [9.17, 15) is 9.59 Å². The van der Waals surface area contributed by atoms with Gasteiger partial charge in [0.25, 0.3) is 0 Å². The number of rotatable bonds is 3. The Morgan fingerprint density at radius 2 is 2.19 bits per heavy atom. The highest BCUT2D eigenvalue weighted by atomic mass is 16.6.